The summed E-state index contributed by atoms with van der Waals surface area (Å²) >= 11 is 0. The van der Waals surface area contributed by atoms with E-state index < -0.39 is 0 Å². The van der Waals surface area contributed by atoms with Crippen LogP contribution in [0, 0.1) is 0 Å². The van der Waals surface area contributed by atoms with Gasteiger partial charge in [-0.25, -0.2) is 4.99 Å². The molecule has 2 heteroatoms. The zero-order valence-corrected chi connectivity index (χ0v) is 15.2. The Bertz CT molecular complexity index is 333. The van der Waals surface area contributed by atoms with Gasteiger partial charge in [0.15, 0.2) is 5.82 Å². The highest BCUT2D eigenvalue weighted by Gasteiger charge is 2.05. The third-order valence-corrected chi connectivity index (χ3v) is 2.93. The molecule has 0 aromatic rings. The van der Waals surface area contributed by atoms with Gasteiger partial charge in [-0.05, 0) is 32.3 Å². The van der Waals surface area contributed by atoms with Crippen molar-refractivity contribution in [3.63, 3.8) is 0 Å². The lowest BCUT2D eigenvalue weighted by Crippen LogP contribution is -2.24. The molecule has 0 aliphatic rings. The van der Waals surface area contributed by atoms with Crippen LogP contribution < -0.4 is 0 Å². The van der Waals surface area contributed by atoms with Gasteiger partial charge in [-0.15, -0.1) is 0 Å². The summed E-state index contributed by atoms with van der Waals surface area (Å²) in [6.07, 6.45) is 9.79. The molecule has 0 saturated carbocycles. The Morgan fingerprint density at radius 3 is 2.24 bits per heavy atom. The molecule has 0 heterocycles. The standard InChI is InChI=1S/C17H30N2.C2H6/c1-6-10-15-19(14-8-3)17(9-4)18-13-12-16(5)11-7-2;1-2/h12-13H,4,6-8,10-11,14-15H2,1-3,5H3;1-2H3/b16-12+,18-13-;. The van der Waals surface area contributed by atoms with E-state index in [0.29, 0.717) is 0 Å². The first-order valence-electron chi connectivity index (χ1n) is 8.54. The molecule has 0 aliphatic carbocycles. The Balaban J connectivity index is 0. The first-order chi connectivity index (χ1) is 10.2. The zero-order valence-electron chi connectivity index (χ0n) is 15.2. The van der Waals surface area contributed by atoms with Gasteiger partial charge in [0.05, 0.1) is 0 Å². The number of unbranched alkanes of at least 4 members (excludes halogenated alkanes) is 1. The van der Waals surface area contributed by atoms with Crippen molar-refractivity contribution < 1.29 is 0 Å². The molecule has 0 aromatic heterocycles. The smallest absolute Gasteiger partial charge is 0.172 e. The maximum absolute atomic E-state index is 4.50. The fourth-order valence-corrected chi connectivity index (χ4v) is 1.89. The van der Waals surface area contributed by atoms with Crippen LogP contribution in [-0.2, 0) is 0 Å². The van der Waals surface area contributed by atoms with Crippen LogP contribution in [0.25, 0.3) is 0 Å². The van der Waals surface area contributed by atoms with E-state index in [1.54, 1.807) is 0 Å². The fraction of sp³-hybridized carbons (Fsp3) is 0.684. The first kappa shape index (κ1) is 22.0. The molecule has 0 aromatic carbocycles. The first-order valence-corrected chi connectivity index (χ1v) is 8.54. The van der Waals surface area contributed by atoms with Gasteiger partial charge in [0.2, 0.25) is 0 Å². The van der Waals surface area contributed by atoms with Crippen LogP contribution in [0.2, 0.25) is 0 Å². The monoisotopic (exact) mass is 292 g/mol. The fourth-order valence-electron chi connectivity index (χ4n) is 1.89. The zero-order chi connectivity index (χ0) is 16.5. The topological polar surface area (TPSA) is 15.6 Å². The van der Waals surface area contributed by atoms with Crippen molar-refractivity contribution in [2.45, 2.75) is 73.6 Å². The largest absolute Gasteiger partial charge is 0.350 e. The van der Waals surface area contributed by atoms with E-state index in [1.807, 2.05) is 20.1 Å². The summed E-state index contributed by atoms with van der Waals surface area (Å²) < 4.78 is 0. The number of hydrogen-bond acceptors (Lipinski definition) is 2. The van der Waals surface area contributed by atoms with Gasteiger partial charge < -0.3 is 4.90 Å². The molecule has 2 nitrogen and oxygen atoms in total. The van der Waals surface area contributed by atoms with E-state index >= 15 is 0 Å². The Morgan fingerprint density at radius 2 is 1.76 bits per heavy atom. The van der Waals surface area contributed by atoms with E-state index in [0.717, 1.165) is 31.8 Å². The van der Waals surface area contributed by atoms with Gasteiger partial charge in [0, 0.05) is 19.3 Å². The summed E-state index contributed by atoms with van der Waals surface area (Å²) in [6.45, 7) is 18.6. The number of allylic oxidation sites excluding steroid dienone is 2. The maximum Gasteiger partial charge on any atom is 0.172 e. The maximum atomic E-state index is 4.50. The lowest BCUT2D eigenvalue weighted by atomic mass is 10.2. The predicted molar refractivity (Wildman–Crippen MR) is 97.9 cm³/mol. The molecule has 0 rings (SSSR count). The molecular formula is C19H36N2. The normalized spacial score (nSPS) is 10.9. The number of aliphatic imine (C=N–C) groups is 1. The average molecular weight is 293 g/mol. The minimum Gasteiger partial charge on any atom is -0.350 e. The molecule has 0 N–H and O–H groups in total. The molecule has 21 heavy (non-hydrogen) atoms. The Morgan fingerprint density at radius 1 is 1.10 bits per heavy atom. The number of nitrogens with zero attached hydrogens (tertiary/aromatic N) is 2. The van der Waals surface area contributed by atoms with Crippen molar-refractivity contribution in [2.24, 2.45) is 4.99 Å². The van der Waals surface area contributed by atoms with Crippen LogP contribution in [0.15, 0.2) is 34.8 Å². The van der Waals surface area contributed by atoms with E-state index in [1.165, 1.54) is 24.8 Å². The minimum atomic E-state index is 0.871. The highest BCUT2D eigenvalue weighted by atomic mass is 15.2. The van der Waals surface area contributed by atoms with Crippen LogP contribution in [0.4, 0.5) is 0 Å². The Labute approximate surface area is 133 Å². The van der Waals surface area contributed by atoms with Crippen molar-refractivity contribution in [3.05, 3.63) is 29.8 Å². The molecule has 0 radical (unpaired) electrons. The molecule has 0 bridgehead atoms. The second-order valence-corrected chi connectivity index (χ2v) is 4.88. The summed E-state index contributed by atoms with van der Waals surface area (Å²) in [4.78, 5) is 6.78. The lowest BCUT2D eigenvalue weighted by molar-refractivity contribution is 0.336. The molecule has 0 aliphatic heterocycles. The molecule has 0 saturated heterocycles. The molecule has 0 unspecified atom stereocenters. The lowest BCUT2D eigenvalue weighted by Gasteiger charge is -2.22. The summed E-state index contributed by atoms with van der Waals surface area (Å²) in [7, 11) is 0. The Hall–Kier alpha value is -1.27. The summed E-state index contributed by atoms with van der Waals surface area (Å²) in [5.41, 5.74) is 4.33. The van der Waals surface area contributed by atoms with Gasteiger partial charge in [-0.3, -0.25) is 0 Å². The van der Waals surface area contributed by atoms with Gasteiger partial charge in [-0.2, -0.15) is 0 Å². The van der Waals surface area contributed by atoms with Crippen molar-refractivity contribution in [1.29, 1.82) is 0 Å². The quantitative estimate of drug-likeness (QED) is 0.358. The summed E-state index contributed by atoms with van der Waals surface area (Å²) in [5.74, 6) is 0.871. The van der Waals surface area contributed by atoms with Crippen LogP contribution in [0.3, 0.4) is 0 Å². The average Bonchev–Trinajstić information content (AvgIpc) is 2.50. The number of hydrogen-bond donors (Lipinski definition) is 0. The molecule has 0 spiro atoms. The van der Waals surface area contributed by atoms with Gasteiger partial charge >= 0.3 is 0 Å². The van der Waals surface area contributed by atoms with E-state index in [-0.39, 0.29) is 0 Å². The molecular weight excluding hydrogens is 256 g/mol. The molecule has 0 atom stereocenters. The molecule has 122 valence electrons. The van der Waals surface area contributed by atoms with Crippen LogP contribution in [0.5, 0.6) is 0 Å². The van der Waals surface area contributed by atoms with Gasteiger partial charge in [-0.1, -0.05) is 65.3 Å². The van der Waals surface area contributed by atoms with E-state index in [4.69, 9.17) is 0 Å². The van der Waals surface area contributed by atoms with Crippen LogP contribution in [-0.4, -0.2) is 24.2 Å². The predicted octanol–water partition coefficient (Wildman–Crippen LogP) is 5.97. The Kier molecular flexibility index (Phi) is 17.6. The second kappa shape index (κ2) is 16.8. The highest BCUT2D eigenvalue weighted by molar-refractivity contribution is 5.73. The minimum absolute atomic E-state index is 0.871. The summed E-state index contributed by atoms with van der Waals surface area (Å²) in [5, 5.41) is 0. The van der Waals surface area contributed by atoms with Gasteiger partial charge in [0.25, 0.3) is 0 Å². The molecule has 0 amide bonds. The van der Waals surface area contributed by atoms with E-state index in [2.05, 4.69) is 56.0 Å². The van der Waals surface area contributed by atoms with Crippen LogP contribution >= 0.6 is 0 Å². The van der Waals surface area contributed by atoms with Crippen LogP contribution in [0.1, 0.15) is 73.6 Å². The van der Waals surface area contributed by atoms with Crippen molar-refractivity contribution >= 4 is 6.21 Å². The van der Waals surface area contributed by atoms with Crippen molar-refractivity contribution in [1.82, 2.24) is 4.90 Å². The van der Waals surface area contributed by atoms with Crippen molar-refractivity contribution in [3.8, 4) is 0 Å². The third kappa shape index (κ3) is 12.2. The van der Waals surface area contributed by atoms with E-state index in [9.17, 15) is 0 Å². The summed E-state index contributed by atoms with van der Waals surface area (Å²) in [6, 6.07) is 0. The number of rotatable bonds is 10. The second-order valence-electron chi connectivity index (χ2n) is 4.88. The highest BCUT2D eigenvalue weighted by Crippen LogP contribution is 2.08. The van der Waals surface area contributed by atoms with Crippen molar-refractivity contribution in [2.75, 3.05) is 13.1 Å². The van der Waals surface area contributed by atoms with Gasteiger partial charge in [0.1, 0.15) is 0 Å². The SMILES string of the molecule is C=C=C(/N=C\C=C(/C)CCC)N(CCC)CCCC.CC. The third-order valence-electron chi connectivity index (χ3n) is 2.93. The molecule has 0 fully saturated rings.